The van der Waals surface area contributed by atoms with Crippen LogP contribution in [0, 0.1) is 0 Å². The molecule has 0 aliphatic rings. The molecule has 0 unspecified atom stereocenters. The highest BCUT2D eigenvalue weighted by Crippen LogP contribution is 2.22. The fourth-order valence-corrected chi connectivity index (χ4v) is 2.89. The van der Waals surface area contributed by atoms with Crippen molar-refractivity contribution in [3.63, 3.8) is 0 Å². The van der Waals surface area contributed by atoms with Crippen molar-refractivity contribution >= 4 is 18.6 Å². The second-order valence-electron chi connectivity index (χ2n) is 5.89. The molecular formula is C20H27N5O. The number of nitrogens with one attached hydrogen (secondary N) is 1. The Kier molecular flexibility index (Phi) is 7.74. The number of aliphatic imine (C=N–C) groups is 1. The van der Waals surface area contributed by atoms with Gasteiger partial charge in [-0.05, 0) is 25.3 Å². The number of amides is 1. The van der Waals surface area contributed by atoms with Gasteiger partial charge in [0.1, 0.15) is 11.6 Å². The molecule has 6 heteroatoms. The van der Waals surface area contributed by atoms with Crippen LogP contribution in [0.3, 0.4) is 0 Å². The summed E-state index contributed by atoms with van der Waals surface area (Å²) in [6.45, 7) is 5.49. The lowest BCUT2D eigenvalue weighted by molar-refractivity contribution is -0.109. The number of benzene rings is 1. The van der Waals surface area contributed by atoms with Crippen LogP contribution in [0.4, 0.5) is 5.82 Å². The van der Waals surface area contributed by atoms with E-state index in [0.29, 0.717) is 19.4 Å². The molecule has 1 aromatic heterocycles. The monoisotopic (exact) mass is 353 g/mol. The molecule has 0 saturated heterocycles. The Hall–Kier alpha value is -2.76. The lowest BCUT2D eigenvalue weighted by Gasteiger charge is -2.22. The molecule has 0 saturated carbocycles. The molecule has 0 aliphatic carbocycles. The second kappa shape index (κ2) is 10.3. The number of carbonyl (C=O) groups is 1. The van der Waals surface area contributed by atoms with Crippen LogP contribution in [-0.2, 0) is 24.1 Å². The number of carbonyl (C=O) groups excluding carboxylic acids is 1. The third-order valence-corrected chi connectivity index (χ3v) is 4.13. The Morgan fingerprint density at radius 3 is 2.58 bits per heavy atom. The average molecular weight is 353 g/mol. The third-order valence-electron chi connectivity index (χ3n) is 4.13. The van der Waals surface area contributed by atoms with Crippen molar-refractivity contribution < 1.29 is 4.79 Å². The minimum Gasteiger partial charge on any atom is -0.358 e. The maximum Gasteiger partial charge on any atom is 0.207 e. The molecule has 1 amide bonds. The lowest BCUT2D eigenvalue weighted by Crippen LogP contribution is -2.26. The van der Waals surface area contributed by atoms with Gasteiger partial charge in [-0.1, -0.05) is 37.3 Å². The number of hydrogen-bond acceptors (Lipinski definition) is 4. The van der Waals surface area contributed by atoms with Gasteiger partial charge in [0.05, 0.1) is 6.34 Å². The first-order valence-electron chi connectivity index (χ1n) is 9.01. The highest BCUT2D eigenvalue weighted by Gasteiger charge is 2.17. The molecule has 0 spiro atoms. The van der Waals surface area contributed by atoms with Crippen molar-refractivity contribution in [3.05, 3.63) is 53.0 Å². The molecule has 1 heterocycles. The smallest absolute Gasteiger partial charge is 0.207 e. The van der Waals surface area contributed by atoms with Crippen molar-refractivity contribution in [1.82, 2.24) is 15.3 Å². The molecule has 2 rings (SSSR count). The van der Waals surface area contributed by atoms with Gasteiger partial charge < -0.3 is 10.2 Å². The van der Waals surface area contributed by atoms with Gasteiger partial charge in [0.2, 0.25) is 6.41 Å². The molecule has 0 aliphatic heterocycles. The van der Waals surface area contributed by atoms with Gasteiger partial charge in [0, 0.05) is 37.8 Å². The summed E-state index contributed by atoms with van der Waals surface area (Å²) in [5.74, 6) is 1.68. The summed E-state index contributed by atoms with van der Waals surface area (Å²) >= 11 is 0. The van der Waals surface area contributed by atoms with Crippen molar-refractivity contribution in [3.8, 4) is 0 Å². The summed E-state index contributed by atoms with van der Waals surface area (Å²) < 4.78 is 0. The number of rotatable bonds is 10. The number of aryl methyl sites for hydroxylation is 1. The van der Waals surface area contributed by atoms with E-state index < -0.39 is 0 Å². The number of aromatic nitrogens is 2. The van der Waals surface area contributed by atoms with Crippen molar-refractivity contribution in [1.29, 1.82) is 0 Å². The highest BCUT2D eigenvalue weighted by molar-refractivity contribution is 5.78. The van der Waals surface area contributed by atoms with Gasteiger partial charge in [0.25, 0.3) is 0 Å². The molecule has 0 fully saturated rings. The molecule has 26 heavy (non-hydrogen) atoms. The van der Waals surface area contributed by atoms with Gasteiger partial charge in [-0.15, -0.1) is 0 Å². The zero-order valence-electron chi connectivity index (χ0n) is 15.8. The predicted molar refractivity (Wildman–Crippen MR) is 106 cm³/mol. The number of nitrogens with zero attached hydrogens (tertiary/aromatic N) is 4. The van der Waals surface area contributed by atoms with Gasteiger partial charge in [-0.2, -0.15) is 0 Å². The fourth-order valence-electron chi connectivity index (χ4n) is 2.89. The van der Waals surface area contributed by atoms with Crippen molar-refractivity contribution in [2.75, 3.05) is 25.0 Å². The van der Waals surface area contributed by atoms with E-state index in [-0.39, 0.29) is 0 Å². The second-order valence-corrected chi connectivity index (χ2v) is 5.89. The van der Waals surface area contributed by atoms with E-state index in [0.717, 1.165) is 42.3 Å². The van der Waals surface area contributed by atoms with Gasteiger partial charge in [0.15, 0.2) is 0 Å². The zero-order chi connectivity index (χ0) is 18.8. The number of anilines is 1. The minimum absolute atomic E-state index is 0.561. The van der Waals surface area contributed by atoms with E-state index in [2.05, 4.69) is 36.3 Å². The van der Waals surface area contributed by atoms with Crippen LogP contribution in [0.25, 0.3) is 0 Å². The Morgan fingerprint density at radius 1 is 1.19 bits per heavy atom. The molecule has 1 aromatic carbocycles. The summed E-state index contributed by atoms with van der Waals surface area (Å²) in [6.07, 6.45) is 4.71. The molecule has 138 valence electrons. The van der Waals surface area contributed by atoms with Crippen LogP contribution in [-0.4, -0.2) is 42.9 Å². The summed E-state index contributed by atoms with van der Waals surface area (Å²) in [5.41, 5.74) is 3.28. The summed E-state index contributed by atoms with van der Waals surface area (Å²) in [4.78, 5) is 26.5. The summed E-state index contributed by atoms with van der Waals surface area (Å²) in [7, 11) is 1.75. The predicted octanol–water partition coefficient (Wildman–Crippen LogP) is 2.40. The summed E-state index contributed by atoms with van der Waals surface area (Å²) in [5, 5.41) is 2.73. The van der Waals surface area contributed by atoms with Crippen LogP contribution in [0.2, 0.25) is 0 Å². The van der Waals surface area contributed by atoms with Crippen molar-refractivity contribution in [2.45, 2.75) is 33.1 Å². The Labute approximate surface area is 155 Å². The number of hydrogen-bond donors (Lipinski definition) is 1. The van der Waals surface area contributed by atoms with E-state index in [4.69, 9.17) is 9.97 Å². The topological polar surface area (TPSA) is 70.5 Å². The average Bonchev–Trinajstić information content (AvgIpc) is 2.67. The molecule has 0 atom stereocenters. The first kappa shape index (κ1) is 19.6. The quantitative estimate of drug-likeness (QED) is 0.308. The van der Waals surface area contributed by atoms with Gasteiger partial charge >= 0.3 is 0 Å². The molecule has 0 radical (unpaired) electrons. The summed E-state index contributed by atoms with van der Waals surface area (Å²) in [6, 6.07) is 10.2. The Bertz CT molecular complexity index is 730. The van der Waals surface area contributed by atoms with E-state index in [9.17, 15) is 4.79 Å². The van der Waals surface area contributed by atoms with Crippen LogP contribution in [0.1, 0.15) is 36.5 Å². The first-order chi connectivity index (χ1) is 12.7. The Morgan fingerprint density at radius 2 is 1.96 bits per heavy atom. The van der Waals surface area contributed by atoms with Crippen molar-refractivity contribution in [2.24, 2.45) is 4.99 Å². The zero-order valence-corrected chi connectivity index (χ0v) is 15.8. The lowest BCUT2D eigenvalue weighted by atomic mass is 10.1. The van der Waals surface area contributed by atoms with E-state index in [1.54, 1.807) is 13.4 Å². The molecule has 2 aromatic rings. The van der Waals surface area contributed by atoms with Gasteiger partial charge in [-0.3, -0.25) is 9.79 Å². The van der Waals surface area contributed by atoms with Crippen LogP contribution in [0.5, 0.6) is 0 Å². The molecular weight excluding hydrogens is 326 g/mol. The maximum atomic E-state index is 10.6. The fraction of sp³-hybridized carbons (Fsp3) is 0.400. The van der Waals surface area contributed by atoms with Crippen LogP contribution < -0.4 is 10.2 Å². The third kappa shape index (κ3) is 5.12. The highest BCUT2D eigenvalue weighted by atomic mass is 16.1. The molecule has 0 bridgehead atoms. The standard InChI is InChI=1S/C20H27N5O/c1-4-18-17(11-12-22-15-26)20(25(5-2)14-21-3)24-19(23-18)13-16-9-7-6-8-10-16/h6-10,14-15H,4-5,11-13H2,1-3H3,(H,22,26). The minimum atomic E-state index is 0.561. The SMILES string of the molecule is CCc1nc(Cc2ccccc2)nc(N(C=NC)CC)c1CCNC=O. The normalized spacial score (nSPS) is 10.9. The van der Waals surface area contributed by atoms with Crippen LogP contribution >= 0.6 is 0 Å². The van der Waals surface area contributed by atoms with E-state index in [1.165, 1.54) is 5.56 Å². The molecule has 6 nitrogen and oxygen atoms in total. The van der Waals surface area contributed by atoms with E-state index >= 15 is 0 Å². The van der Waals surface area contributed by atoms with E-state index in [1.807, 2.05) is 23.1 Å². The largest absolute Gasteiger partial charge is 0.358 e. The Balaban J connectivity index is 2.46. The van der Waals surface area contributed by atoms with Crippen LogP contribution in [0.15, 0.2) is 35.3 Å². The molecule has 1 N–H and O–H groups in total. The van der Waals surface area contributed by atoms with Gasteiger partial charge in [-0.25, -0.2) is 9.97 Å². The maximum absolute atomic E-state index is 10.6. The first-order valence-corrected chi connectivity index (χ1v) is 9.01.